The normalized spacial score (nSPS) is 22.7. The summed E-state index contributed by atoms with van der Waals surface area (Å²) in [5, 5.41) is 2.33. The Morgan fingerprint density at radius 1 is 0.973 bits per heavy atom. The van der Waals surface area contributed by atoms with Crippen LogP contribution in [0.2, 0.25) is 0 Å². The van der Waals surface area contributed by atoms with Crippen LogP contribution < -0.4 is 10.1 Å². The molecule has 1 atom stereocenters. The van der Waals surface area contributed by atoms with Crippen LogP contribution in [-0.4, -0.2) is 59.3 Å². The van der Waals surface area contributed by atoms with Gasteiger partial charge in [0.15, 0.2) is 0 Å². The van der Waals surface area contributed by atoms with Crippen LogP contribution in [0.25, 0.3) is 5.57 Å². The number of hydrogen-bond donors (Lipinski definition) is 1. The molecule has 0 bridgehead atoms. The molecule has 1 unspecified atom stereocenters. The molecule has 192 valence electrons. The molecule has 6 rings (SSSR count). The number of fused-ring (bicyclic) bond motifs is 1. The number of rotatable bonds is 6. The van der Waals surface area contributed by atoms with Gasteiger partial charge in [0.2, 0.25) is 11.8 Å². The van der Waals surface area contributed by atoms with Crippen molar-refractivity contribution in [3.63, 3.8) is 0 Å². The Balaban J connectivity index is 1.06. The summed E-state index contributed by atoms with van der Waals surface area (Å²) < 4.78 is 19.6. The number of carbonyl (C=O) groups is 3. The lowest BCUT2D eigenvalue weighted by Crippen LogP contribution is -2.54. The van der Waals surface area contributed by atoms with Crippen molar-refractivity contribution in [3.8, 4) is 5.75 Å². The molecule has 2 fully saturated rings. The molecule has 0 spiro atoms. The Bertz CT molecular complexity index is 1280. The number of nitrogens with zero attached hydrogens (tertiary/aromatic N) is 2. The number of halogens is 1. The molecular formula is C29H30FN3O4. The summed E-state index contributed by atoms with van der Waals surface area (Å²) in [5.41, 5.74) is 5.37. The van der Waals surface area contributed by atoms with E-state index in [4.69, 9.17) is 4.74 Å². The summed E-state index contributed by atoms with van der Waals surface area (Å²) in [4.78, 5) is 40.6. The third-order valence-corrected chi connectivity index (χ3v) is 7.91. The Hall–Kier alpha value is -3.52. The lowest BCUT2D eigenvalue weighted by atomic mass is 9.86. The molecule has 0 aromatic heterocycles. The largest absolute Gasteiger partial charge is 0.488 e. The minimum absolute atomic E-state index is 0.0832. The van der Waals surface area contributed by atoms with Gasteiger partial charge >= 0.3 is 0 Å². The predicted molar refractivity (Wildman–Crippen MR) is 135 cm³/mol. The molecule has 2 saturated heterocycles. The van der Waals surface area contributed by atoms with Crippen molar-refractivity contribution in [2.75, 3.05) is 19.6 Å². The summed E-state index contributed by atoms with van der Waals surface area (Å²) in [6.45, 7) is 2.91. The SMILES string of the molecule is O=C1CCC(N2Cc3cc(OC4CN(CC5=C(c6ccc(F)cc6)CCCC5)C4)ccc3C2=O)C(=O)N1. The second-order valence-corrected chi connectivity index (χ2v) is 10.4. The van der Waals surface area contributed by atoms with E-state index in [1.165, 1.54) is 36.1 Å². The van der Waals surface area contributed by atoms with Gasteiger partial charge in [-0.3, -0.25) is 24.6 Å². The topological polar surface area (TPSA) is 79.0 Å². The molecule has 7 nitrogen and oxygen atoms in total. The van der Waals surface area contributed by atoms with Gasteiger partial charge in [0.05, 0.1) is 0 Å². The molecule has 3 heterocycles. The van der Waals surface area contributed by atoms with Gasteiger partial charge in [-0.2, -0.15) is 0 Å². The molecule has 37 heavy (non-hydrogen) atoms. The van der Waals surface area contributed by atoms with Crippen molar-refractivity contribution in [2.45, 2.75) is 57.2 Å². The number of allylic oxidation sites excluding steroid dienone is 1. The van der Waals surface area contributed by atoms with E-state index in [0.717, 1.165) is 49.4 Å². The molecule has 3 aliphatic heterocycles. The van der Waals surface area contributed by atoms with E-state index in [2.05, 4.69) is 10.2 Å². The molecule has 2 aromatic carbocycles. The van der Waals surface area contributed by atoms with Crippen molar-refractivity contribution in [3.05, 3.63) is 70.5 Å². The fraction of sp³-hybridized carbons (Fsp3) is 0.414. The predicted octanol–water partition coefficient (Wildman–Crippen LogP) is 3.68. The molecule has 0 radical (unpaired) electrons. The zero-order chi connectivity index (χ0) is 25.5. The zero-order valence-corrected chi connectivity index (χ0v) is 20.7. The summed E-state index contributed by atoms with van der Waals surface area (Å²) in [6, 6.07) is 11.7. The summed E-state index contributed by atoms with van der Waals surface area (Å²) in [5.74, 6) is -0.348. The number of piperidine rings is 1. The summed E-state index contributed by atoms with van der Waals surface area (Å²) in [6.07, 6.45) is 5.16. The number of benzene rings is 2. The first-order chi connectivity index (χ1) is 17.9. The van der Waals surface area contributed by atoms with E-state index in [9.17, 15) is 18.8 Å². The Morgan fingerprint density at radius 3 is 2.54 bits per heavy atom. The standard InChI is InChI=1S/C29H30FN3O4/c30-21-7-5-18(6-8-21)24-4-2-1-3-19(24)14-32-16-23(17-32)37-22-9-10-25-20(13-22)15-33(29(25)36)26-11-12-27(34)31-28(26)35/h5-10,13,23,26H,1-4,11-12,14-17H2,(H,31,34,35). The fourth-order valence-electron chi connectivity index (χ4n) is 5.95. The molecule has 1 aliphatic carbocycles. The van der Waals surface area contributed by atoms with Crippen LogP contribution in [0.3, 0.4) is 0 Å². The van der Waals surface area contributed by atoms with Crippen molar-refractivity contribution in [1.82, 2.24) is 15.1 Å². The first kappa shape index (κ1) is 23.9. The van der Waals surface area contributed by atoms with Crippen molar-refractivity contribution < 1.29 is 23.5 Å². The van der Waals surface area contributed by atoms with E-state index in [1.54, 1.807) is 11.0 Å². The number of imide groups is 1. The monoisotopic (exact) mass is 503 g/mol. The third-order valence-electron chi connectivity index (χ3n) is 7.91. The maximum atomic E-state index is 13.4. The van der Waals surface area contributed by atoms with Gasteiger partial charge in [0.25, 0.3) is 5.91 Å². The maximum absolute atomic E-state index is 13.4. The quantitative estimate of drug-likeness (QED) is 0.609. The van der Waals surface area contributed by atoms with E-state index in [0.29, 0.717) is 18.5 Å². The molecular weight excluding hydrogens is 473 g/mol. The zero-order valence-electron chi connectivity index (χ0n) is 20.7. The average Bonchev–Trinajstić information content (AvgIpc) is 3.19. The van der Waals surface area contributed by atoms with Gasteiger partial charge in [-0.25, -0.2) is 4.39 Å². The van der Waals surface area contributed by atoms with Gasteiger partial charge in [0, 0.05) is 38.2 Å². The van der Waals surface area contributed by atoms with E-state index >= 15 is 0 Å². The van der Waals surface area contributed by atoms with Crippen molar-refractivity contribution >= 4 is 23.3 Å². The van der Waals surface area contributed by atoms with Gasteiger partial charge in [-0.05, 0) is 79.1 Å². The van der Waals surface area contributed by atoms with Gasteiger partial charge in [-0.1, -0.05) is 17.7 Å². The van der Waals surface area contributed by atoms with Crippen LogP contribution in [0, 0.1) is 5.82 Å². The number of carbonyl (C=O) groups excluding carboxylic acids is 3. The van der Waals surface area contributed by atoms with Crippen LogP contribution in [0.1, 0.15) is 60.0 Å². The first-order valence-corrected chi connectivity index (χ1v) is 13.1. The number of ether oxygens (including phenoxy) is 1. The molecule has 3 amide bonds. The highest BCUT2D eigenvalue weighted by atomic mass is 19.1. The van der Waals surface area contributed by atoms with Gasteiger partial charge in [-0.15, -0.1) is 0 Å². The minimum atomic E-state index is -0.615. The van der Waals surface area contributed by atoms with E-state index in [1.807, 2.05) is 24.3 Å². The lowest BCUT2D eigenvalue weighted by Gasteiger charge is -2.40. The summed E-state index contributed by atoms with van der Waals surface area (Å²) in [7, 11) is 0. The first-order valence-electron chi connectivity index (χ1n) is 13.1. The highest BCUT2D eigenvalue weighted by Gasteiger charge is 2.39. The Labute approximate surface area is 215 Å². The molecule has 4 aliphatic rings. The highest BCUT2D eigenvalue weighted by Crippen LogP contribution is 2.34. The van der Waals surface area contributed by atoms with E-state index < -0.39 is 11.9 Å². The van der Waals surface area contributed by atoms with E-state index in [-0.39, 0.29) is 30.2 Å². The number of likely N-dealkylation sites (tertiary alicyclic amines) is 1. The molecule has 0 saturated carbocycles. The molecule has 1 N–H and O–H groups in total. The average molecular weight is 504 g/mol. The highest BCUT2D eigenvalue weighted by molar-refractivity contribution is 6.05. The number of nitrogens with one attached hydrogen (secondary N) is 1. The van der Waals surface area contributed by atoms with Crippen molar-refractivity contribution in [2.24, 2.45) is 0 Å². The van der Waals surface area contributed by atoms with Crippen LogP contribution in [0.15, 0.2) is 48.0 Å². The smallest absolute Gasteiger partial charge is 0.255 e. The van der Waals surface area contributed by atoms with Crippen LogP contribution in [0.4, 0.5) is 4.39 Å². The number of amides is 3. The van der Waals surface area contributed by atoms with Crippen LogP contribution in [-0.2, 0) is 16.1 Å². The summed E-state index contributed by atoms with van der Waals surface area (Å²) >= 11 is 0. The van der Waals surface area contributed by atoms with Crippen LogP contribution >= 0.6 is 0 Å². The Morgan fingerprint density at radius 2 is 1.76 bits per heavy atom. The van der Waals surface area contributed by atoms with Crippen molar-refractivity contribution in [1.29, 1.82) is 0 Å². The number of hydrogen-bond acceptors (Lipinski definition) is 5. The van der Waals surface area contributed by atoms with Gasteiger partial charge < -0.3 is 9.64 Å². The molecule has 2 aromatic rings. The van der Waals surface area contributed by atoms with Crippen LogP contribution in [0.5, 0.6) is 5.75 Å². The maximum Gasteiger partial charge on any atom is 0.255 e. The second-order valence-electron chi connectivity index (χ2n) is 10.4. The van der Waals surface area contributed by atoms with Gasteiger partial charge in [0.1, 0.15) is 23.7 Å². The fourth-order valence-corrected chi connectivity index (χ4v) is 5.95. The Kier molecular flexibility index (Phi) is 6.28. The third kappa shape index (κ3) is 4.78. The minimum Gasteiger partial charge on any atom is -0.488 e. The molecule has 8 heteroatoms. The lowest BCUT2D eigenvalue weighted by molar-refractivity contribution is -0.136. The second kappa shape index (κ2) is 9.74.